The van der Waals surface area contributed by atoms with Gasteiger partial charge in [-0.05, 0) is 23.7 Å². The summed E-state index contributed by atoms with van der Waals surface area (Å²) in [6.45, 7) is -0.284. The second kappa shape index (κ2) is 6.34. The topological polar surface area (TPSA) is 104 Å². The van der Waals surface area contributed by atoms with E-state index in [1.807, 2.05) is 0 Å². The van der Waals surface area contributed by atoms with Gasteiger partial charge in [0, 0.05) is 20.3 Å². The van der Waals surface area contributed by atoms with Crippen LogP contribution in [0.15, 0.2) is 27.9 Å². The number of imidazole rings is 1. The van der Waals surface area contributed by atoms with Crippen LogP contribution in [0.3, 0.4) is 0 Å². The minimum Gasteiger partial charge on any atom is -0.322 e. The average molecular weight is 383 g/mol. The number of carbonyl (C=O) groups is 1. The van der Waals surface area contributed by atoms with Crippen molar-refractivity contribution in [3.8, 4) is 0 Å². The lowest BCUT2D eigenvalue weighted by Gasteiger charge is -2.09. The number of aryl methyl sites for hydroxylation is 1. The third-order valence-corrected chi connectivity index (χ3v) is 4.23. The third kappa shape index (κ3) is 2.92. The molecule has 0 fully saturated rings. The molecule has 25 heavy (non-hydrogen) atoms. The highest BCUT2D eigenvalue weighted by molar-refractivity contribution is 6.32. The number of rotatable bonds is 3. The lowest BCUT2D eigenvalue weighted by Crippen LogP contribution is -2.37. The molecule has 0 saturated carbocycles. The molecule has 0 aliphatic rings. The Balaban J connectivity index is 2.04. The summed E-state index contributed by atoms with van der Waals surface area (Å²) < 4.78 is 3.35. The van der Waals surface area contributed by atoms with Crippen LogP contribution in [0.25, 0.3) is 11.2 Å². The summed E-state index contributed by atoms with van der Waals surface area (Å²) in [7, 11) is 2.80. The van der Waals surface area contributed by atoms with Crippen LogP contribution in [0.4, 0.5) is 5.69 Å². The zero-order valence-corrected chi connectivity index (χ0v) is 14.7. The largest absolute Gasteiger partial charge is 0.332 e. The van der Waals surface area contributed by atoms with Crippen molar-refractivity contribution in [1.29, 1.82) is 0 Å². The zero-order valence-electron chi connectivity index (χ0n) is 13.2. The second-order valence-electron chi connectivity index (χ2n) is 5.23. The fourth-order valence-electron chi connectivity index (χ4n) is 2.38. The first-order chi connectivity index (χ1) is 11.8. The monoisotopic (exact) mass is 382 g/mol. The summed E-state index contributed by atoms with van der Waals surface area (Å²) in [6, 6.07) is 3.20. The van der Waals surface area contributed by atoms with Gasteiger partial charge < -0.3 is 5.32 Å². The quantitative estimate of drug-likeness (QED) is 0.532. The number of nitrogens with zero attached hydrogens (tertiary/aromatic N) is 5. The van der Waals surface area contributed by atoms with Crippen molar-refractivity contribution in [3.63, 3.8) is 0 Å². The van der Waals surface area contributed by atoms with Gasteiger partial charge in [0.2, 0.25) is 11.2 Å². The Labute approximate surface area is 150 Å². The molecule has 0 aliphatic heterocycles. The van der Waals surface area contributed by atoms with Crippen LogP contribution in [0.1, 0.15) is 0 Å². The number of pyridine rings is 1. The van der Waals surface area contributed by atoms with E-state index in [9.17, 15) is 14.4 Å². The molecule has 0 aromatic carbocycles. The maximum absolute atomic E-state index is 12.4. The summed E-state index contributed by atoms with van der Waals surface area (Å²) in [5, 5.41) is 2.63. The van der Waals surface area contributed by atoms with Crippen molar-refractivity contribution in [2.45, 2.75) is 6.54 Å². The first kappa shape index (κ1) is 17.2. The fraction of sp³-hybridized carbons (Fsp3) is 0.214. The van der Waals surface area contributed by atoms with Crippen LogP contribution in [-0.4, -0.2) is 29.6 Å². The molecule has 0 radical (unpaired) electrons. The van der Waals surface area contributed by atoms with Crippen molar-refractivity contribution in [2.75, 3.05) is 5.32 Å². The van der Waals surface area contributed by atoms with E-state index in [1.165, 1.54) is 29.4 Å². The minimum absolute atomic E-state index is 0.0574. The van der Waals surface area contributed by atoms with Gasteiger partial charge >= 0.3 is 5.69 Å². The SMILES string of the molecule is Cn1c(=O)c2c(nc(Cl)n2CC(=O)Nc2cccnc2Cl)n(C)c1=O. The van der Waals surface area contributed by atoms with Gasteiger partial charge in [-0.1, -0.05) is 11.6 Å². The van der Waals surface area contributed by atoms with Crippen molar-refractivity contribution < 1.29 is 4.79 Å². The Bertz CT molecular complexity index is 1110. The van der Waals surface area contributed by atoms with E-state index in [1.54, 1.807) is 12.1 Å². The van der Waals surface area contributed by atoms with Crippen molar-refractivity contribution in [1.82, 2.24) is 23.7 Å². The second-order valence-corrected chi connectivity index (χ2v) is 5.93. The molecule has 0 atom stereocenters. The maximum atomic E-state index is 12.4. The summed E-state index contributed by atoms with van der Waals surface area (Å²) >= 11 is 12.0. The Morgan fingerprint density at radius 1 is 1.24 bits per heavy atom. The van der Waals surface area contributed by atoms with Gasteiger partial charge in [0.15, 0.2) is 16.3 Å². The van der Waals surface area contributed by atoms with Gasteiger partial charge in [0.05, 0.1) is 5.69 Å². The summed E-state index contributed by atoms with van der Waals surface area (Å²) in [5.41, 5.74) is -0.641. The molecule has 3 heterocycles. The Morgan fingerprint density at radius 2 is 1.96 bits per heavy atom. The van der Waals surface area contributed by atoms with Gasteiger partial charge in [0.1, 0.15) is 6.54 Å². The van der Waals surface area contributed by atoms with E-state index < -0.39 is 17.2 Å². The number of fused-ring (bicyclic) bond motifs is 1. The molecule has 0 unspecified atom stereocenters. The first-order valence-electron chi connectivity index (χ1n) is 7.03. The molecule has 1 N–H and O–H groups in total. The minimum atomic E-state index is -0.593. The lowest BCUT2D eigenvalue weighted by atomic mass is 10.4. The first-order valence-corrected chi connectivity index (χ1v) is 7.79. The van der Waals surface area contributed by atoms with Crippen LogP contribution in [-0.2, 0) is 25.4 Å². The number of anilines is 1. The molecule has 11 heteroatoms. The maximum Gasteiger partial charge on any atom is 0.332 e. The van der Waals surface area contributed by atoms with E-state index in [0.29, 0.717) is 5.69 Å². The number of amides is 1. The van der Waals surface area contributed by atoms with Crippen LogP contribution in [0, 0.1) is 0 Å². The van der Waals surface area contributed by atoms with Gasteiger partial charge in [-0.2, -0.15) is 4.98 Å². The van der Waals surface area contributed by atoms with Gasteiger partial charge in [-0.15, -0.1) is 0 Å². The highest BCUT2D eigenvalue weighted by Gasteiger charge is 2.20. The molecule has 9 nitrogen and oxygen atoms in total. The van der Waals surface area contributed by atoms with Gasteiger partial charge in [0.25, 0.3) is 5.56 Å². The smallest absolute Gasteiger partial charge is 0.322 e. The molecule has 3 rings (SSSR count). The van der Waals surface area contributed by atoms with Crippen LogP contribution < -0.4 is 16.6 Å². The van der Waals surface area contributed by atoms with Crippen LogP contribution >= 0.6 is 23.2 Å². The zero-order chi connectivity index (χ0) is 18.3. The van der Waals surface area contributed by atoms with Gasteiger partial charge in [-0.25, -0.2) is 9.78 Å². The Morgan fingerprint density at radius 3 is 2.64 bits per heavy atom. The number of hydrogen-bond donors (Lipinski definition) is 1. The summed E-state index contributed by atoms with van der Waals surface area (Å²) in [4.78, 5) is 44.5. The predicted octanol–water partition coefficient (Wildman–Crippen LogP) is 0.774. The van der Waals surface area contributed by atoms with E-state index >= 15 is 0 Å². The van der Waals surface area contributed by atoms with Crippen molar-refractivity contribution >= 4 is 46.0 Å². The van der Waals surface area contributed by atoms with Crippen LogP contribution in [0.5, 0.6) is 0 Å². The number of hydrogen-bond acceptors (Lipinski definition) is 5. The van der Waals surface area contributed by atoms with E-state index in [0.717, 1.165) is 4.57 Å². The van der Waals surface area contributed by atoms with E-state index in [2.05, 4.69) is 15.3 Å². The fourth-order valence-corrected chi connectivity index (χ4v) is 2.77. The molecule has 0 bridgehead atoms. The van der Waals surface area contributed by atoms with E-state index in [-0.39, 0.29) is 28.1 Å². The molecule has 0 aliphatic carbocycles. The van der Waals surface area contributed by atoms with Crippen LogP contribution in [0.2, 0.25) is 10.4 Å². The standard InChI is InChI=1S/C14H12Cl2N6O3/c1-20-11-9(12(24)21(2)14(20)25)22(13(16)19-11)6-8(23)18-7-4-3-5-17-10(7)15/h3-5H,6H2,1-2H3,(H,18,23). The van der Waals surface area contributed by atoms with Crippen molar-refractivity contribution in [2.24, 2.45) is 14.1 Å². The molecule has 0 saturated heterocycles. The number of nitrogens with one attached hydrogen (secondary N) is 1. The molecule has 3 aromatic heterocycles. The summed E-state index contributed by atoms with van der Waals surface area (Å²) in [6.07, 6.45) is 1.49. The average Bonchev–Trinajstić information content (AvgIpc) is 2.90. The summed E-state index contributed by atoms with van der Waals surface area (Å²) in [5.74, 6) is -0.480. The Hall–Kier alpha value is -2.65. The van der Waals surface area contributed by atoms with Crippen molar-refractivity contribution in [3.05, 3.63) is 49.6 Å². The number of halogens is 2. The van der Waals surface area contributed by atoms with E-state index in [4.69, 9.17) is 23.2 Å². The molecule has 1 amide bonds. The highest BCUT2D eigenvalue weighted by atomic mass is 35.5. The molecule has 0 spiro atoms. The molecular weight excluding hydrogens is 371 g/mol. The molecular formula is C14H12Cl2N6O3. The molecule has 3 aromatic rings. The highest BCUT2D eigenvalue weighted by Crippen LogP contribution is 2.19. The lowest BCUT2D eigenvalue weighted by molar-refractivity contribution is -0.116. The van der Waals surface area contributed by atoms with Gasteiger partial charge in [-0.3, -0.25) is 23.3 Å². The molecule has 130 valence electrons. The third-order valence-electron chi connectivity index (χ3n) is 3.64. The predicted molar refractivity (Wildman–Crippen MR) is 93.1 cm³/mol. The number of carbonyl (C=O) groups excluding carboxylic acids is 1. The normalized spacial score (nSPS) is 11.0. The number of aromatic nitrogens is 5. The Kier molecular flexibility index (Phi) is 4.36.